The highest BCUT2D eigenvalue weighted by molar-refractivity contribution is 5.94. The molecular formula is C11H16N4O5. The van der Waals surface area contributed by atoms with Gasteiger partial charge in [0.15, 0.2) is 0 Å². The molecule has 1 aromatic heterocycles. The molecule has 3 N–H and O–H groups in total. The minimum absolute atomic E-state index is 0.231. The number of hydrogen-bond acceptors (Lipinski definition) is 5. The molecule has 0 aromatic carbocycles. The van der Waals surface area contributed by atoms with Gasteiger partial charge in [0.05, 0.1) is 6.20 Å². The molecule has 0 aliphatic carbocycles. The van der Waals surface area contributed by atoms with Gasteiger partial charge in [-0.1, -0.05) is 0 Å². The van der Waals surface area contributed by atoms with E-state index in [1.165, 1.54) is 0 Å². The fourth-order valence-electron chi connectivity index (χ4n) is 1.33. The van der Waals surface area contributed by atoms with Gasteiger partial charge in [-0.2, -0.15) is 5.10 Å². The van der Waals surface area contributed by atoms with Crippen molar-refractivity contribution in [3.05, 3.63) is 17.5 Å². The summed E-state index contributed by atoms with van der Waals surface area (Å²) in [4.78, 5) is 32.8. The van der Waals surface area contributed by atoms with Crippen molar-refractivity contribution >= 4 is 17.9 Å². The lowest BCUT2D eigenvalue weighted by Gasteiger charge is -2.06. The smallest absolute Gasteiger partial charge is 0.329 e. The molecule has 0 aliphatic rings. The normalized spacial score (nSPS) is 10.1. The predicted molar refractivity (Wildman–Crippen MR) is 66.8 cm³/mol. The van der Waals surface area contributed by atoms with Gasteiger partial charge in [0.1, 0.15) is 13.2 Å². The van der Waals surface area contributed by atoms with Crippen molar-refractivity contribution in [3.63, 3.8) is 0 Å². The molecule has 9 nitrogen and oxygen atoms in total. The molecule has 9 heteroatoms. The van der Waals surface area contributed by atoms with E-state index in [0.717, 1.165) is 11.3 Å². The Hall–Kier alpha value is -2.42. The van der Waals surface area contributed by atoms with Crippen LogP contribution in [0.25, 0.3) is 0 Å². The van der Waals surface area contributed by atoms with Crippen molar-refractivity contribution in [2.45, 2.75) is 13.5 Å². The Morgan fingerprint density at radius 1 is 1.40 bits per heavy atom. The van der Waals surface area contributed by atoms with Crippen LogP contribution in [0.4, 0.5) is 4.79 Å². The summed E-state index contributed by atoms with van der Waals surface area (Å²) in [5.41, 5.74) is 1.73. The average Bonchev–Trinajstić information content (AvgIpc) is 2.67. The van der Waals surface area contributed by atoms with Crippen LogP contribution in [0.3, 0.4) is 0 Å². The Kier molecular flexibility index (Phi) is 5.66. The van der Waals surface area contributed by atoms with Gasteiger partial charge in [0.2, 0.25) is 0 Å². The highest BCUT2D eigenvalue weighted by atomic mass is 16.5. The number of carbonyl (C=O) groups is 3. The molecule has 1 rings (SSSR count). The topological polar surface area (TPSA) is 123 Å². The summed E-state index contributed by atoms with van der Waals surface area (Å²) in [5, 5.41) is 16.8. The highest BCUT2D eigenvalue weighted by Crippen LogP contribution is 2.04. The van der Waals surface area contributed by atoms with Crippen LogP contribution in [0.2, 0.25) is 0 Å². The van der Waals surface area contributed by atoms with Gasteiger partial charge in [0, 0.05) is 24.8 Å². The number of urea groups is 1. The van der Waals surface area contributed by atoms with Gasteiger partial charge in [-0.15, -0.1) is 0 Å². The molecule has 1 aromatic rings. The van der Waals surface area contributed by atoms with Crippen LogP contribution in [0, 0.1) is 6.92 Å². The van der Waals surface area contributed by atoms with Crippen LogP contribution >= 0.6 is 0 Å². The van der Waals surface area contributed by atoms with E-state index in [9.17, 15) is 14.4 Å². The number of aromatic nitrogens is 2. The fourth-order valence-corrected chi connectivity index (χ4v) is 1.33. The second-order valence-electron chi connectivity index (χ2n) is 4.00. The molecule has 0 aliphatic heterocycles. The van der Waals surface area contributed by atoms with Crippen molar-refractivity contribution in [1.29, 1.82) is 0 Å². The van der Waals surface area contributed by atoms with Crippen molar-refractivity contribution in [1.82, 2.24) is 20.4 Å². The molecule has 0 atom stereocenters. The van der Waals surface area contributed by atoms with E-state index in [1.54, 1.807) is 17.9 Å². The van der Waals surface area contributed by atoms with E-state index < -0.39 is 31.1 Å². The molecule has 0 spiro atoms. The number of rotatable bonds is 6. The van der Waals surface area contributed by atoms with E-state index in [-0.39, 0.29) is 6.54 Å². The quantitative estimate of drug-likeness (QED) is 0.625. The number of aryl methyl sites for hydroxylation is 1. The number of carboxylic acid groups (broad SMARTS) is 1. The highest BCUT2D eigenvalue weighted by Gasteiger charge is 2.10. The molecule has 0 bridgehead atoms. The summed E-state index contributed by atoms with van der Waals surface area (Å²) in [6.45, 7) is 0.997. The zero-order valence-corrected chi connectivity index (χ0v) is 11.2. The van der Waals surface area contributed by atoms with Gasteiger partial charge in [-0.25, -0.2) is 9.59 Å². The van der Waals surface area contributed by atoms with Crippen LogP contribution in [-0.4, -0.2) is 46.0 Å². The van der Waals surface area contributed by atoms with Crippen molar-refractivity contribution in [3.8, 4) is 0 Å². The van der Waals surface area contributed by atoms with Crippen molar-refractivity contribution < 1.29 is 24.2 Å². The lowest BCUT2D eigenvalue weighted by molar-refractivity contribution is -0.143. The van der Waals surface area contributed by atoms with E-state index in [0.29, 0.717) is 0 Å². The summed E-state index contributed by atoms with van der Waals surface area (Å²) in [7, 11) is 1.78. The van der Waals surface area contributed by atoms with Gasteiger partial charge < -0.3 is 15.2 Å². The summed E-state index contributed by atoms with van der Waals surface area (Å²) in [6, 6.07) is -0.683. The first-order valence-corrected chi connectivity index (χ1v) is 5.75. The van der Waals surface area contributed by atoms with Crippen LogP contribution in [0.5, 0.6) is 0 Å². The fraction of sp³-hybridized carbons (Fsp3) is 0.455. The Balaban J connectivity index is 2.28. The number of carbonyl (C=O) groups excluding carboxylic acids is 2. The standard InChI is InChI=1S/C11H16N4O5/c1-7-8(4-13-15(7)2)3-12-11(19)14-9(16)5-20-6-10(17)18/h4H,3,5-6H2,1-2H3,(H,17,18)(H2,12,14,16,19). The molecule has 0 saturated heterocycles. The number of nitrogens with zero attached hydrogens (tertiary/aromatic N) is 2. The third-order valence-electron chi connectivity index (χ3n) is 2.49. The second kappa shape index (κ2) is 7.24. The van der Waals surface area contributed by atoms with E-state index in [2.05, 4.69) is 15.2 Å². The molecule has 0 saturated carbocycles. The Bertz CT molecular complexity index is 511. The lowest BCUT2D eigenvalue weighted by Crippen LogP contribution is -2.41. The largest absolute Gasteiger partial charge is 0.480 e. The SMILES string of the molecule is Cc1c(CNC(=O)NC(=O)COCC(=O)O)cnn1C. The Labute approximate surface area is 114 Å². The van der Waals surface area contributed by atoms with Gasteiger partial charge in [0.25, 0.3) is 5.91 Å². The summed E-state index contributed by atoms with van der Waals surface area (Å²) < 4.78 is 6.20. The molecule has 0 radical (unpaired) electrons. The van der Waals surface area contributed by atoms with E-state index in [1.807, 2.05) is 12.2 Å². The number of ether oxygens (including phenoxy) is 1. The zero-order chi connectivity index (χ0) is 15.1. The first-order valence-electron chi connectivity index (χ1n) is 5.75. The number of nitrogens with one attached hydrogen (secondary N) is 2. The second-order valence-corrected chi connectivity index (χ2v) is 4.00. The number of amides is 3. The minimum Gasteiger partial charge on any atom is -0.480 e. The minimum atomic E-state index is -1.19. The predicted octanol–water partition coefficient (Wildman–Crippen LogP) is -0.844. The van der Waals surface area contributed by atoms with E-state index in [4.69, 9.17) is 5.11 Å². The van der Waals surface area contributed by atoms with Crippen molar-refractivity contribution in [2.75, 3.05) is 13.2 Å². The van der Waals surface area contributed by atoms with Crippen LogP contribution in [-0.2, 0) is 27.9 Å². The average molecular weight is 284 g/mol. The van der Waals surface area contributed by atoms with Gasteiger partial charge in [-0.3, -0.25) is 14.8 Å². The monoisotopic (exact) mass is 284 g/mol. The molecule has 0 unspecified atom stereocenters. The van der Waals surface area contributed by atoms with E-state index >= 15 is 0 Å². The first-order chi connectivity index (χ1) is 9.40. The third-order valence-corrected chi connectivity index (χ3v) is 2.49. The number of aliphatic carboxylic acids is 1. The number of hydrogen-bond donors (Lipinski definition) is 3. The molecule has 3 amide bonds. The van der Waals surface area contributed by atoms with Crippen LogP contribution < -0.4 is 10.6 Å². The molecule has 1 heterocycles. The zero-order valence-electron chi connectivity index (χ0n) is 11.2. The maximum atomic E-state index is 11.4. The maximum absolute atomic E-state index is 11.4. The van der Waals surface area contributed by atoms with Crippen LogP contribution in [0.15, 0.2) is 6.20 Å². The maximum Gasteiger partial charge on any atom is 0.329 e. The molecule has 20 heavy (non-hydrogen) atoms. The molecule has 110 valence electrons. The Morgan fingerprint density at radius 3 is 2.65 bits per heavy atom. The van der Waals surface area contributed by atoms with Crippen molar-refractivity contribution in [2.24, 2.45) is 7.05 Å². The van der Waals surface area contributed by atoms with Gasteiger partial charge >= 0.3 is 12.0 Å². The summed E-state index contributed by atoms with van der Waals surface area (Å²) in [5.74, 6) is -1.90. The lowest BCUT2D eigenvalue weighted by atomic mass is 10.2. The number of carboxylic acids is 1. The number of imide groups is 1. The molecule has 0 fully saturated rings. The van der Waals surface area contributed by atoms with Crippen LogP contribution in [0.1, 0.15) is 11.3 Å². The molecular weight excluding hydrogens is 268 g/mol. The summed E-state index contributed by atoms with van der Waals surface area (Å²) in [6.07, 6.45) is 1.62. The van der Waals surface area contributed by atoms with Gasteiger partial charge in [-0.05, 0) is 6.92 Å². The third kappa shape index (κ3) is 5.06. The summed E-state index contributed by atoms with van der Waals surface area (Å²) >= 11 is 0. The first kappa shape index (κ1) is 15.6. The Morgan fingerprint density at radius 2 is 2.10 bits per heavy atom.